The maximum atomic E-state index is 11.5. The highest BCUT2D eigenvalue weighted by Gasteiger charge is 2.22. The van der Waals surface area contributed by atoms with E-state index in [2.05, 4.69) is 31.9 Å². The number of hydrogen-bond acceptors (Lipinski definition) is 6. The number of carbonyl (C=O) groups excluding carboxylic acids is 2. The molecule has 0 saturated carbocycles. The Bertz CT molecular complexity index is 284. The van der Waals surface area contributed by atoms with Crippen molar-refractivity contribution in [3.05, 3.63) is 0 Å². The topological polar surface area (TPSA) is 52.6 Å². The Labute approximate surface area is 145 Å². The molecule has 0 bridgehead atoms. The smallest absolute Gasteiger partial charge is 0.309 e. The fourth-order valence-electron chi connectivity index (χ4n) is 0.809. The molecule has 118 valence electrons. The fraction of sp³-hybridized carbons (Fsp3) is 0.833. The van der Waals surface area contributed by atoms with E-state index < -0.39 is 0 Å². The first-order chi connectivity index (χ1) is 9.31. The zero-order valence-corrected chi connectivity index (χ0v) is 16.7. The first-order valence-corrected chi connectivity index (χ1v) is 10.7. The predicted octanol–water partition coefficient (Wildman–Crippen LogP) is 4.21. The summed E-state index contributed by atoms with van der Waals surface area (Å²) in [6.07, 6.45) is 0. The van der Waals surface area contributed by atoms with Gasteiger partial charge in [0.15, 0.2) is 10.9 Å². The van der Waals surface area contributed by atoms with Crippen molar-refractivity contribution in [1.82, 2.24) is 0 Å². The van der Waals surface area contributed by atoms with Crippen LogP contribution in [0.1, 0.15) is 27.7 Å². The van der Waals surface area contributed by atoms with Crippen LogP contribution in [0.5, 0.6) is 0 Å². The second kappa shape index (κ2) is 11.2. The molecule has 0 rings (SSSR count). The van der Waals surface area contributed by atoms with Crippen molar-refractivity contribution < 1.29 is 19.1 Å². The second-order valence-electron chi connectivity index (χ2n) is 4.54. The van der Waals surface area contributed by atoms with Gasteiger partial charge in [0.2, 0.25) is 0 Å². The van der Waals surface area contributed by atoms with Gasteiger partial charge in [0.25, 0.3) is 0 Å². The molecule has 0 aromatic heterocycles. The standard InChI is InChI=1S/C12H20Br2O4S2/c1-7(2)11(15)17-9(5-13)19-20-10(6-14)18-12(16)8(3)4/h7-10H,5-6H2,1-4H3. The molecule has 0 heterocycles. The maximum absolute atomic E-state index is 11.5. The Balaban J connectivity index is 4.24. The molecule has 0 aliphatic rings. The Morgan fingerprint density at radius 1 is 0.850 bits per heavy atom. The van der Waals surface area contributed by atoms with Gasteiger partial charge in [-0.15, -0.1) is 0 Å². The third-order valence-corrected chi connectivity index (χ3v) is 6.68. The minimum absolute atomic E-state index is 0.159. The van der Waals surface area contributed by atoms with Crippen molar-refractivity contribution in [2.75, 3.05) is 10.7 Å². The first-order valence-electron chi connectivity index (χ1n) is 6.16. The van der Waals surface area contributed by atoms with E-state index in [1.807, 2.05) is 0 Å². The summed E-state index contributed by atoms with van der Waals surface area (Å²) in [7, 11) is 2.75. The van der Waals surface area contributed by atoms with Crippen LogP contribution < -0.4 is 0 Å². The van der Waals surface area contributed by atoms with E-state index in [0.29, 0.717) is 10.7 Å². The molecule has 0 spiro atoms. The van der Waals surface area contributed by atoms with Crippen LogP contribution in [-0.4, -0.2) is 33.5 Å². The summed E-state index contributed by atoms with van der Waals surface area (Å²) in [5, 5.41) is 1.05. The summed E-state index contributed by atoms with van der Waals surface area (Å²) < 4.78 is 10.6. The number of hydrogen-bond donors (Lipinski definition) is 0. The van der Waals surface area contributed by atoms with Crippen molar-refractivity contribution >= 4 is 65.4 Å². The second-order valence-corrected chi connectivity index (χ2v) is 8.43. The molecule has 0 aromatic carbocycles. The SMILES string of the molecule is CC(C)C(=O)OC(CBr)SSC(CBr)OC(=O)C(C)C. The highest BCUT2D eigenvalue weighted by atomic mass is 79.9. The zero-order valence-electron chi connectivity index (χ0n) is 11.9. The van der Waals surface area contributed by atoms with Gasteiger partial charge in [0, 0.05) is 0 Å². The van der Waals surface area contributed by atoms with Crippen LogP contribution in [0, 0.1) is 11.8 Å². The van der Waals surface area contributed by atoms with Gasteiger partial charge >= 0.3 is 11.9 Å². The van der Waals surface area contributed by atoms with Gasteiger partial charge in [0.05, 0.1) is 22.5 Å². The average molecular weight is 452 g/mol. The van der Waals surface area contributed by atoms with E-state index in [4.69, 9.17) is 9.47 Å². The van der Waals surface area contributed by atoms with Crippen LogP contribution in [0.3, 0.4) is 0 Å². The Morgan fingerprint density at radius 2 is 1.15 bits per heavy atom. The van der Waals surface area contributed by atoms with Gasteiger partial charge in [-0.1, -0.05) is 59.6 Å². The molecule has 0 aliphatic carbocycles. The van der Waals surface area contributed by atoms with E-state index in [1.54, 1.807) is 27.7 Å². The van der Waals surface area contributed by atoms with Crippen LogP contribution in [0.4, 0.5) is 0 Å². The number of esters is 2. The van der Waals surface area contributed by atoms with Crippen LogP contribution in [0.2, 0.25) is 0 Å². The normalized spacial score (nSPS) is 14.2. The first kappa shape index (κ1) is 20.6. The monoisotopic (exact) mass is 450 g/mol. The lowest BCUT2D eigenvalue weighted by molar-refractivity contribution is -0.149. The van der Waals surface area contributed by atoms with Crippen LogP contribution in [0.15, 0.2) is 0 Å². The third-order valence-electron chi connectivity index (χ3n) is 1.96. The molecular formula is C12H20Br2O4S2. The van der Waals surface area contributed by atoms with E-state index in [1.165, 1.54) is 21.6 Å². The van der Waals surface area contributed by atoms with Crippen molar-refractivity contribution in [1.29, 1.82) is 0 Å². The molecule has 0 saturated heterocycles. The van der Waals surface area contributed by atoms with Gasteiger partial charge in [-0.3, -0.25) is 9.59 Å². The number of rotatable bonds is 9. The molecule has 0 amide bonds. The van der Waals surface area contributed by atoms with Crippen molar-refractivity contribution in [3.63, 3.8) is 0 Å². The maximum Gasteiger partial charge on any atom is 0.309 e. The predicted molar refractivity (Wildman–Crippen MR) is 92.2 cm³/mol. The molecule has 2 unspecified atom stereocenters. The van der Waals surface area contributed by atoms with Gasteiger partial charge in [0.1, 0.15) is 0 Å². The Kier molecular flexibility index (Phi) is 11.5. The molecule has 4 nitrogen and oxygen atoms in total. The molecular weight excluding hydrogens is 432 g/mol. The lowest BCUT2D eigenvalue weighted by atomic mass is 10.2. The summed E-state index contributed by atoms with van der Waals surface area (Å²) in [6, 6.07) is 0. The molecule has 0 N–H and O–H groups in total. The van der Waals surface area contributed by atoms with E-state index in [-0.39, 0.29) is 34.6 Å². The molecule has 0 aliphatic heterocycles. The highest BCUT2D eigenvalue weighted by Crippen LogP contribution is 2.34. The summed E-state index contributed by atoms with van der Waals surface area (Å²) in [6.45, 7) is 7.16. The summed E-state index contributed by atoms with van der Waals surface area (Å²) >= 11 is 6.62. The van der Waals surface area contributed by atoms with Crippen LogP contribution in [-0.2, 0) is 19.1 Å². The number of ether oxygens (including phenoxy) is 2. The highest BCUT2D eigenvalue weighted by molar-refractivity contribution is 9.09. The molecule has 0 fully saturated rings. The quantitative estimate of drug-likeness (QED) is 0.226. The van der Waals surface area contributed by atoms with Crippen molar-refractivity contribution in [2.45, 2.75) is 38.6 Å². The number of halogens is 2. The van der Waals surface area contributed by atoms with Crippen LogP contribution in [0.25, 0.3) is 0 Å². The molecule has 20 heavy (non-hydrogen) atoms. The van der Waals surface area contributed by atoms with E-state index in [0.717, 1.165) is 0 Å². The number of alkyl halides is 2. The summed E-state index contributed by atoms with van der Waals surface area (Å²) in [5.41, 5.74) is -0.622. The van der Waals surface area contributed by atoms with Gasteiger partial charge in [-0.25, -0.2) is 0 Å². The molecule has 0 aromatic rings. The molecule has 2 atom stereocenters. The lowest BCUT2D eigenvalue weighted by Gasteiger charge is -2.20. The minimum Gasteiger partial charge on any atom is -0.449 e. The Morgan fingerprint density at radius 3 is 1.35 bits per heavy atom. The fourth-order valence-corrected chi connectivity index (χ4v) is 4.92. The molecule has 0 radical (unpaired) electrons. The van der Waals surface area contributed by atoms with Gasteiger partial charge in [-0.05, 0) is 21.6 Å². The van der Waals surface area contributed by atoms with Gasteiger partial charge in [-0.2, -0.15) is 0 Å². The lowest BCUT2D eigenvalue weighted by Crippen LogP contribution is -2.22. The largest absolute Gasteiger partial charge is 0.449 e. The molecule has 8 heteroatoms. The zero-order chi connectivity index (χ0) is 15.7. The van der Waals surface area contributed by atoms with Crippen molar-refractivity contribution in [2.24, 2.45) is 11.8 Å². The third kappa shape index (κ3) is 8.79. The van der Waals surface area contributed by atoms with E-state index in [9.17, 15) is 9.59 Å². The van der Waals surface area contributed by atoms with Crippen molar-refractivity contribution in [3.8, 4) is 0 Å². The van der Waals surface area contributed by atoms with E-state index >= 15 is 0 Å². The summed E-state index contributed by atoms with van der Waals surface area (Å²) in [5.74, 6) is -0.796. The Hall–Kier alpha value is 0.600. The van der Waals surface area contributed by atoms with Gasteiger partial charge < -0.3 is 9.47 Å². The average Bonchev–Trinajstić information content (AvgIpc) is 2.40. The summed E-state index contributed by atoms with van der Waals surface area (Å²) in [4.78, 5) is 23.1. The minimum atomic E-state index is -0.311. The van der Waals surface area contributed by atoms with Crippen LogP contribution >= 0.6 is 53.4 Å². The number of carbonyl (C=O) groups is 2.